The van der Waals surface area contributed by atoms with Crippen molar-refractivity contribution in [1.82, 2.24) is 20.0 Å². The average Bonchev–Trinajstić information content (AvgIpc) is 3.30. The molecule has 1 N–H and O–H groups in total. The first-order valence-electron chi connectivity index (χ1n) is 13.2. The molecule has 7 heteroatoms. The molecule has 3 aromatic carbocycles. The predicted octanol–water partition coefficient (Wildman–Crippen LogP) is 4.94. The molecule has 0 saturated carbocycles. The van der Waals surface area contributed by atoms with Gasteiger partial charge in [-0.2, -0.15) is 0 Å². The van der Waals surface area contributed by atoms with Gasteiger partial charge in [-0.1, -0.05) is 60.7 Å². The second kappa shape index (κ2) is 10.3. The number of likely N-dealkylation sites (N-methyl/N-ethyl adjacent to an activating group) is 1. The van der Waals surface area contributed by atoms with E-state index in [1.807, 2.05) is 65.6 Å². The Kier molecular flexibility index (Phi) is 6.60. The third kappa shape index (κ3) is 4.77. The fraction of sp³-hybridized carbons (Fsp3) is 0.290. The number of amides is 3. The number of benzene rings is 3. The second-order valence-corrected chi connectivity index (χ2v) is 10.2. The molecule has 1 unspecified atom stereocenters. The Morgan fingerprint density at radius 3 is 2.29 bits per heavy atom. The highest BCUT2D eigenvalue weighted by molar-refractivity contribution is 6.01. The lowest BCUT2D eigenvalue weighted by Gasteiger charge is -2.37. The van der Waals surface area contributed by atoms with Gasteiger partial charge in [0.2, 0.25) is 0 Å². The fourth-order valence-corrected chi connectivity index (χ4v) is 5.75. The highest BCUT2D eigenvalue weighted by Gasteiger charge is 2.45. The van der Waals surface area contributed by atoms with Crippen LogP contribution in [-0.4, -0.2) is 59.4 Å². The van der Waals surface area contributed by atoms with E-state index in [2.05, 4.69) is 34.5 Å². The minimum atomic E-state index is -0.510. The summed E-state index contributed by atoms with van der Waals surface area (Å²) in [6, 6.07) is 27.2. The van der Waals surface area contributed by atoms with Gasteiger partial charge in [0.15, 0.2) is 0 Å². The normalized spacial score (nSPS) is 20.5. The molecule has 194 valence electrons. The first kappa shape index (κ1) is 24.2. The minimum absolute atomic E-state index is 0.0211. The molecule has 0 aromatic heterocycles. The standard InChI is InChI=1S/C31H32N4O3/c1-33-27-21-35(24-15-17-34(18-16-24)20-22-9-4-2-5-10-22)30(36)28(27)29(32-31(33)37)23-11-8-14-26(19-23)38-25-12-6-3-7-13-25/h2-14,19,24,29H,15-18,20-21H2,1H3,(H,32,37). The van der Waals surface area contributed by atoms with Gasteiger partial charge >= 0.3 is 6.03 Å². The molecule has 0 spiro atoms. The summed E-state index contributed by atoms with van der Waals surface area (Å²) < 4.78 is 6.03. The van der Waals surface area contributed by atoms with Crippen LogP contribution in [0.3, 0.4) is 0 Å². The van der Waals surface area contributed by atoms with Crippen molar-refractivity contribution in [1.29, 1.82) is 0 Å². The topological polar surface area (TPSA) is 65.1 Å². The summed E-state index contributed by atoms with van der Waals surface area (Å²) in [6.07, 6.45) is 1.85. The maximum Gasteiger partial charge on any atom is 0.322 e. The highest BCUT2D eigenvalue weighted by Crippen LogP contribution is 2.38. The zero-order chi connectivity index (χ0) is 26.1. The zero-order valence-corrected chi connectivity index (χ0v) is 21.5. The molecular weight excluding hydrogens is 476 g/mol. The van der Waals surface area contributed by atoms with Crippen molar-refractivity contribution in [2.24, 2.45) is 0 Å². The van der Waals surface area contributed by atoms with E-state index in [4.69, 9.17) is 4.74 Å². The van der Waals surface area contributed by atoms with Crippen LogP contribution >= 0.6 is 0 Å². The summed E-state index contributed by atoms with van der Waals surface area (Å²) in [5, 5.41) is 3.05. The quantitative estimate of drug-likeness (QED) is 0.513. The van der Waals surface area contributed by atoms with Crippen molar-refractivity contribution in [3.05, 3.63) is 107 Å². The van der Waals surface area contributed by atoms with Crippen LogP contribution in [-0.2, 0) is 11.3 Å². The van der Waals surface area contributed by atoms with Gasteiger partial charge in [-0.15, -0.1) is 0 Å². The molecule has 3 amide bonds. The number of urea groups is 1. The molecule has 3 aliphatic rings. The van der Waals surface area contributed by atoms with Crippen molar-refractivity contribution < 1.29 is 14.3 Å². The number of piperidine rings is 1. The van der Waals surface area contributed by atoms with E-state index in [-0.39, 0.29) is 18.0 Å². The largest absolute Gasteiger partial charge is 0.457 e. The Labute approximate surface area is 223 Å². The Morgan fingerprint density at radius 1 is 0.868 bits per heavy atom. The van der Waals surface area contributed by atoms with Crippen molar-refractivity contribution in [2.75, 3.05) is 26.7 Å². The van der Waals surface area contributed by atoms with E-state index in [9.17, 15) is 9.59 Å². The number of carbonyl (C=O) groups excluding carboxylic acids is 2. The lowest BCUT2D eigenvalue weighted by molar-refractivity contribution is -0.128. The number of nitrogens with zero attached hydrogens (tertiary/aromatic N) is 3. The fourth-order valence-electron chi connectivity index (χ4n) is 5.75. The molecule has 3 aliphatic heterocycles. The molecule has 3 heterocycles. The average molecular weight is 509 g/mol. The number of rotatable bonds is 6. The molecular formula is C31H32N4O3. The Balaban J connectivity index is 1.18. The first-order valence-corrected chi connectivity index (χ1v) is 13.2. The second-order valence-electron chi connectivity index (χ2n) is 10.2. The number of likely N-dealkylation sites (tertiary alicyclic amines) is 1. The molecule has 0 radical (unpaired) electrons. The number of para-hydroxylation sites is 1. The van der Waals surface area contributed by atoms with Crippen molar-refractivity contribution in [2.45, 2.75) is 31.5 Å². The maximum atomic E-state index is 13.9. The lowest BCUT2D eigenvalue weighted by Crippen LogP contribution is -2.46. The lowest BCUT2D eigenvalue weighted by atomic mass is 9.95. The van der Waals surface area contributed by atoms with Crippen molar-refractivity contribution in [3.63, 3.8) is 0 Å². The van der Waals surface area contributed by atoms with Crippen LogP contribution in [0.15, 0.2) is 96.2 Å². The Morgan fingerprint density at radius 2 is 1.55 bits per heavy atom. The summed E-state index contributed by atoms with van der Waals surface area (Å²) in [4.78, 5) is 32.8. The molecule has 7 nitrogen and oxygen atoms in total. The van der Waals surface area contributed by atoms with Gasteiger partial charge in [0.05, 0.1) is 23.9 Å². The van der Waals surface area contributed by atoms with E-state index in [1.54, 1.807) is 11.9 Å². The van der Waals surface area contributed by atoms with Gasteiger partial charge in [-0.3, -0.25) is 14.6 Å². The SMILES string of the molecule is CN1C(=O)NC(c2cccc(Oc3ccccc3)c2)C2=C1CN(C1CCN(Cc3ccccc3)CC1)C2=O. The first-order chi connectivity index (χ1) is 18.6. The molecule has 0 aliphatic carbocycles. The van der Waals surface area contributed by atoms with Crippen LogP contribution in [0.2, 0.25) is 0 Å². The molecule has 38 heavy (non-hydrogen) atoms. The third-order valence-corrected chi connectivity index (χ3v) is 7.81. The Hall–Kier alpha value is -4.10. The van der Waals surface area contributed by atoms with Crippen LogP contribution in [0.5, 0.6) is 11.5 Å². The van der Waals surface area contributed by atoms with Gasteiger partial charge in [-0.25, -0.2) is 4.79 Å². The molecule has 6 rings (SSSR count). The number of carbonyl (C=O) groups is 2. The van der Waals surface area contributed by atoms with E-state index < -0.39 is 6.04 Å². The van der Waals surface area contributed by atoms with Crippen molar-refractivity contribution in [3.8, 4) is 11.5 Å². The van der Waals surface area contributed by atoms with E-state index in [0.29, 0.717) is 17.9 Å². The number of nitrogens with one attached hydrogen (secondary N) is 1. The van der Waals surface area contributed by atoms with E-state index in [0.717, 1.165) is 49.5 Å². The molecule has 1 fully saturated rings. The number of ether oxygens (including phenoxy) is 1. The maximum absolute atomic E-state index is 13.9. The third-order valence-electron chi connectivity index (χ3n) is 7.81. The van der Waals surface area contributed by atoms with Crippen LogP contribution < -0.4 is 10.1 Å². The number of hydrogen-bond donors (Lipinski definition) is 1. The molecule has 0 bridgehead atoms. The highest BCUT2D eigenvalue weighted by atomic mass is 16.5. The van der Waals surface area contributed by atoms with Crippen molar-refractivity contribution >= 4 is 11.9 Å². The summed E-state index contributed by atoms with van der Waals surface area (Å²) in [5.74, 6) is 1.42. The summed E-state index contributed by atoms with van der Waals surface area (Å²) in [6.45, 7) is 3.30. The smallest absolute Gasteiger partial charge is 0.322 e. The predicted molar refractivity (Wildman–Crippen MR) is 145 cm³/mol. The zero-order valence-electron chi connectivity index (χ0n) is 21.5. The van der Waals surface area contributed by atoms with Gasteiger partial charge in [-0.05, 0) is 48.2 Å². The summed E-state index contributed by atoms with van der Waals surface area (Å²) >= 11 is 0. The van der Waals surface area contributed by atoms with Gasteiger partial charge in [0, 0.05) is 32.7 Å². The van der Waals surface area contributed by atoms with Crippen LogP contribution in [0.1, 0.15) is 30.0 Å². The molecule has 1 atom stereocenters. The minimum Gasteiger partial charge on any atom is -0.457 e. The van der Waals surface area contributed by atoms with Gasteiger partial charge < -0.3 is 15.0 Å². The Bertz CT molecular complexity index is 1350. The van der Waals surface area contributed by atoms with E-state index in [1.165, 1.54) is 5.56 Å². The summed E-state index contributed by atoms with van der Waals surface area (Å²) in [5.41, 5.74) is 3.61. The van der Waals surface area contributed by atoms with Gasteiger partial charge in [0.25, 0.3) is 5.91 Å². The molecule has 3 aromatic rings. The summed E-state index contributed by atoms with van der Waals surface area (Å²) in [7, 11) is 1.75. The monoisotopic (exact) mass is 508 g/mol. The number of hydrogen-bond acceptors (Lipinski definition) is 4. The van der Waals surface area contributed by atoms with Crippen LogP contribution in [0, 0.1) is 0 Å². The van der Waals surface area contributed by atoms with Gasteiger partial charge in [0.1, 0.15) is 11.5 Å². The van der Waals surface area contributed by atoms with E-state index >= 15 is 0 Å². The van der Waals surface area contributed by atoms with Crippen LogP contribution in [0.4, 0.5) is 4.79 Å². The molecule has 1 saturated heterocycles. The van der Waals surface area contributed by atoms with Crippen LogP contribution in [0.25, 0.3) is 0 Å².